The number of hydrogen-bond donors (Lipinski definition) is 1. The fourth-order valence-electron chi connectivity index (χ4n) is 4.06. The third kappa shape index (κ3) is 3.49. The minimum atomic E-state index is -0.0892. The Bertz CT molecular complexity index is 1290. The van der Waals surface area contributed by atoms with E-state index in [0.29, 0.717) is 29.4 Å². The predicted molar refractivity (Wildman–Crippen MR) is 122 cm³/mol. The average Bonchev–Trinajstić information content (AvgIpc) is 3.49. The summed E-state index contributed by atoms with van der Waals surface area (Å²) in [4.78, 5) is 22.7. The van der Waals surface area contributed by atoms with Gasteiger partial charge in [0.1, 0.15) is 11.4 Å². The second-order valence-electron chi connectivity index (χ2n) is 7.43. The van der Waals surface area contributed by atoms with E-state index in [1.807, 2.05) is 46.3 Å². The van der Waals surface area contributed by atoms with Crippen LogP contribution in [0.4, 0.5) is 0 Å². The van der Waals surface area contributed by atoms with Crippen molar-refractivity contribution in [3.63, 3.8) is 0 Å². The van der Waals surface area contributed by atoms with Gasteiger partial charge in [-0.05, 0) is 42.3 Å². The van der Waals surface area contributed by atoms with Crippen molar-refractivity contribution in [1.29, 1.82) is 0 Å². The van der Waals surface area contributed by atoms with Crippen LogP contribution in [0.3, 0.4) is 0 Å². The Hall–Kier alpha value is -3.51. The summed E-state index contributed by atoms with van der Waals surface area (Å²) in [7, 11) is 1.57. The molecule has 0 saturated heterocycles. The second-order valence-corrected chi connectivity index (χ2v) is 7.83. The molecule has 1 aliphatic heterocycles. The van der Waals surface area contributed by atoms with E-state index in [4.69, 9.17) is 16.3 Å². The van der Waals surface area contributed by atoms with E-state index in [1.165, 1.54) is 5.57 Å². The van der Waals surface area contributed by atoms with Gasteiger partial charge in [0.05, 0.1) is 23.4 Å². The Kier molecular flexibility index (Phi) is 5.00. The maximum absolute atomic E-state index is 13.3. The monoisotopic (exact) mass is 432 g/mol. The van der Waals surface area contributed by atoms with Crippen LogP contribution in [0.2, 0.25) is 5.02 Å². The van der Waals surface area contributed by atoms with Gasteiger partial charge in [-0.15, -0.1) is 0 Å². The molecule has 156 valence electrons. The fourth-order valence-corrected chi connectivity index (χ4v) is 4.32. The molecular formula is C24H21ClN4O2. The van der Waals surface area contributed by atoms with Crippen LogP contribution < -0.4 is 4.74 Å². The molecule has 0 fully saturated rings. The number of rotatable bonds is 4. The number of carbonyl (C=O) groups is 1. The number of hydrogen-bond acceptors (Lipinski definition) is 3. The van der Waals surface area contributed by atoms with Crippen LogP contribution in [-0.4, -0.2) is 45.5 Å². The number of halogens is 1. The third-order valence-electron chi connectivity index (χ3n) is 5.68. The van der Waals surface area contributed by atoms with Crippen molar-refractivity contribution in [1.82, 2.24) is 19.4 Å². The predicted octanol–water partition coefficient (Wildman–Crippen LogP) is 4.95. The van der Waals surface area contributed by atoms with Crippen molar-refractivity contribution in [2.75, 3.05) is 20.2 Å². The summed E-state index contributed by atoms with van der Waals surface area (Å²) in [6.07, 6.45) is 10.4. The van der Waals surface area contributed by atoms with Crippen molar-refractivity contribution in [2.24, 2.45) is 0 Å². The molecule has 3 aromatic heterocycles. The summed E-state index contributed by atoms with van der Waals surface area (Å²) < 4.78 is 7.43. The highest BCUT2D eigenvalue weighted by Crippen LogP contribution is 2.33. The van der Waals surface area contributed by atoms with E-state index in [1.54, 1.807) is 25.4 Å². The largest absolute Gasteiger partial charge is 0.496 e. The topological polar surface area (TPSA) is 63.1 Å². The first-order valence-corrected chi connectivity index (χ1v) is 10.4. The minimum Gasteiger partial charge on any atom is -0.496 e. The van der Waals surface area contributed by atoms with Crippen molar-refractivity contribution < 1.29 is 9.53 Å². The molecule has 1 amide bonds. The molecule has 0 spiro atoms. The summed E-state index contributed by atoms with van der Waals surface area (Å²) in [5.41, 5.74) is 4.48. The van der Waals surface area contributed by atoms with Gasteiger partial charge in [-0.2, -0.15) is 0 Å². The number of aromatic nitrogens is 3. The van der Waals surface area contributed by atoms with Gasteiger partial charge >= 0.3 is 0 Å². The quantitative estimate of drug-likeness (QED) is 0.496. The normalized spacial score (nSPS) is 14.0. The number of amides is 1. The van der Waals surface area contributed by atoms with E-state index in [0.717, 1.165) is 28.7 Å². The SMILES string of the molecule is COc1cc(-n2cccc2)c(Cl)cc1C(=O)N1CC=C(c2c[nH]c3ncccc23)CC1. The van der Waals surface area contributed by atoms with Gasteiger partial charge in [-0.3, -0.25) is 4.79 Å². The fraction of sp³-hybridized carbons (Fsp3) is 0.167. The Labute approximate surface area is 184 Å². The first-order valence-electron chi connectivity index (χ1n) is 10.1. The summed E-state index contributed by atoms with van der Waals surface area (Å²) >= 11 is 6.51. The van der Waals surface area contributed by atoms with Gasteiger partial charge < -0.3 is 19.2 Å². The highest BCUT2D eigenvalue weighted by molar-refractivity contribution is 6.33. The molecule has 5 rings (SSSR count). The van der Waals surface area contributed by atoms with E-state index in [-0.39, 0.29) is 5.91 Å². The summed E-state index contributed by atoms with van der Waals surface area (Å²) in [6, 6.07) is 11.3. The molecule has 0 atom stereocenters. The van der Waals surface area contributed by atoms with Crippen molar-refractivity contribution in [3.05, 3.63) is 83.4 Å². The molecule has 1 N–H and O–H groups in total. The lowest BCUT2D eigenvalue weighted by Crippen LogP contribution is -2.35. The number of nitrogens with one attached hydrogen (secondary N) is 1. The molecule has 0 radical (unpaired) electrons. The van der Waals surface area contributed by atoms with Gasteiger partial charge in [-0.1, -0.05) is 17.7 Å². The van der Waals surface area contributed by atoms with Gasteiger partial charge in [0, 0.05) is 54.9 Å². The zero-order valence-corrected chi connectivity index (χ0v) is 17.8. The lowest BCUT2D eigenvalue weighted by atomic mass is 9.99. The van der Waals surface area contributed by atoms with Crippen LogP contribution >= 0.6 is 11.6 Å². The Balaban J connectivity index is 1.41. The third-order valence-corrected chi connectivity index (χ3v) is 5.98. The van der Waals surface area contributed by atoms with E-state index < -0.39 is 0 Å². The number of H-pyrrole nitrogens is 1. The van der Waals surface area contributed by atoms with E-state index in [2.05, 4.69) is 22.1 Å². The number of ether oxygens (including phenoxy) is 1. The molecule has 0 aliphatic carbocycles. The molecule has 31 heavy (non-hydrogen) atoms. The molecule has 1 aromatic carbocycles. The average molecular weight is 433 g/mol. The van der Waals surface area contributed by atoms with Crippen molar-refractivity contribution in [3.8, 4) is 11.4 Å². The van der Waals surface area contributed by atoms with Crippen LogP contribution in [-0.2, 0) is 0 Å². The van der Waals surface area contributed by atoms with E-state index in [9.17, 15) is 4.79 Å². The van der Waals surface area contributed by atoms with Crippen molar-refractivity contribution >= 4 is 34.1 Å². The van der Waals surface area contributed by atoms with Crippen LogP contribution in [0.25, 0.3) is 22.3 Å². The number of pyridine rings is 1. The number of benzene rings is 1. The van der Waals surface area contributed by atoms with Gasteiger partial charge in [0.25, 0.3) is 5.91 Å². The Morgan fingerprint density at radius 1 is 1.23 bits per heavy atom. The number of carbonyl (C=O) groups excluding carboxylic acids is 1. The standard InChI is InChI=1S/C24H21ClN4O2/c1-31-22-14-21(28-9-2-3-10-28)20(25)13-18(22)24(30)29-11-6-16(7-12-29)19-15-27-23-17(19)5-4-8-26-23/h2-6,8-10,13-15H,7,11-12H2,1H3,(H,26,27). The molecule has 0 bridgehead atoms. The first-order chi connectivity index (χ1) is 15.2. The van der Waals surface area contributed by atoms with Crippen LogP contribution in [0, 0.1) is 0 Å². The molecule has 7 heteroatoms. The maximum Gasteiger partial charge on any atom is 0.257 e. The molecule has 0 unspecified atom stereocenters. The molecule has 4 aromatic rings. The summed E-state index contributed by atoms with van der Waals surface area (Å²) in [5, 5.41) is 1.60. The highest BCUT2D eigenvalue weighted by atomic mass is 35.5. The lowest BCUT2D eigenvalue weighted by Gasteiger charge is -2.27. The number of methoxy groups -OCH3 is 1. The zero-order chi connectivity index (χ0) is 21.4. The number of fused-ring (bicyclic) bond motifs is 1. The minimum absolute atomic E-state index is 0.0892. The molecule has 6 nitrogen and oxygen atoms in total. The smallest absolute Gasteiger partial charge is 0.257 e. The summed E-state index contributed by atoms with van der Waals surface area (Å²) in [6.45, 7) is 1.15. The maximum atomic E-state index is 13.3. The molecule has 4 heterocycles. The molecule has 1 aliphatic rings. The first kappa shape index (κ1) is 19.5. The number of aromatic amines is 1. The Morgan fingerprint density at radius 3 is 2.81 bits per heavy atom. The van der Waals surface area contributed by atoms with Gasteiger partial charge in [0.15, 0.2) is 0 Å². The van der Waals surface area contributed by atoms with E-state index >= 15 is 0 Å². The zero-order valence-electron chi connectivity index (χ0n) is 17.0. The molecular weight excluding hydrogens is 412 g/mol. The van der Waals surface area contributed by atoms with Crippen LogP contribution in [0.1, 0.15) is 22.3 Å². The summed E-state index contributed by atoms with van der Waals surface area (Å²) in [5.74, 6) is 0.421. The van der Waals surface area contributed by atoms with Crippen molar-refractivity contribution in [2.45, 2.75) is 6.42 Å². The molecule has 0 saturated carbocycles. The lowest BCUT2D eigenvalue weighted by molar-refractivity contribution is 0.0769. The Morgan fingerprint density at radius 2 is 2.06 bits per heavy atom. The van der Waals surface area contributed by atoms with Gasteiger partial charge in [-0.25, -0.2) is 4.98 Å². The highest BCUT2D eigenvalue weighted by Gasteiger charge is 2.24. The van der Waals surface area contributed by atoms with Gasteiger partial charge in [0.2, 0.25) is 0 Å². The second kappa shape index (κ2) is 7.96. The van der Waals surface area contributed by atoms with Crippen LogP contribution in [0.15, 0.2) is 67.3 Å². The van der Waals surface area contributed by atoms with Crippen LogP contribution in [0.5, 0.6) is 5.75 Å². The number of nitrogens with zero attached hydrogens (tertiary/aromatic N) is 3.